The number of hydrogen-bond acceptors (Lipinski definition) is 4. The van der Waals surface area contributed by atoms with Gasteiger partial charge in [0.05, 0.1) is 16.9 Å². The second kappa shape index (κ2) is 6.60. The molecule has 2 heterocycles. The first kappa shape index (κ1) is 16.8. The summed E-state index contributed by atoms with van der Waals surface area (Å²) in [6.45, 7) is 0. The summed E-state index contributed by atoms with van der Waals surface area (Å²) in [5, 5.41) is 3.24. The van der Waals surface area contributed by atoms with Crippen LogP contribution < -0.4 is 10.2 Å². The molecule has 6 nitrogen and oxygen atoms in total. The van der Waals surface area contributed by atoms with E-state index in [-0.39, 0.29) is 24.7 Å². The molecule has 0 radical (unpaired) electrons. The van der Waals surface area contributed by atoms with Crippen LogP contribution in [0.15, 0.2) is 54.7 Å². The summed E-state index contributed by atoms with van der Waals surface area (Å²) in [6, 6.07) is 11.9. The Bertz CT molecular complexity index is 1060. The lowest BCUT2D eigenvalue weighted by molar-refractivity contribution is -0.121. The molecule has 1 aliphatic heterocycles. The fourth-order valence-electron chi connectivity index (χ4n) is 3.05. The maximum absolute atomic E-state index is 13.5. The Kier molecular flexibility index (Phi) is 4.12. The molecular formula is C20H14FN3O3. The first-order valence-electron chi connectivity index (χ1n) is 8.34. The summed E-state index contributed by atoms with van der Waals surface area (Å²) < 4.78 is 13.5. The second-order valence-corrected chi connectivity index (χ2v) is 6.14. The van der Waals surface area contributed by atoms with Gasteiger partial charge in [0.25, 0.3) is 5.91 Å². The highest BCUT2D eigenvalue weighted by molar-refractivity contribution is 6.20. The highest BCUT2D eigenvalue weighted by atomic mass is 19.1. The SMILES string of the molecule is O=C(Nc1ccnc2ccc(F)cc12)c1ccc(N2C(=O)CCC2=O)cc1. The lowest BCUT2D eigenvalue weighted by atomic mass is 10.1. The van der Waals surface area contributed by atoms with Crippen molar-refractivity contribution in [3.8, 4) is 0 Å². The van der Waals surface area contributed by atoms with Gasteiger partial charge in [-0.05, 0) is 48.5 Å². The lowest BCUT2D eigenvalue weighted by Crippen LogP contribution is -2.28. The van der Waals surface area contributed by atoms with Crippen molar-refractivity contribution in [2.75, 3.05) is 10.2 Å². The van der Waals surface area contributed by atoms with Crippen LogP contribution in [0, 0.1) is 5.82 Å². The van der Waals surface area contributed by atoms with Crippen LogP contribution in [0.2, 0.25) is 0 Å². The number of anilines is 2. The van der Waals surface area contributed by atoms with Crippen molar-refractivity contribution in [1.29, 1.82) is 0 Å². The first-order valence-corrected chi connectivity index (χ1v) is 8.34. The fraction of sp³-hybridized carbons (Fsp3) is 0.100. The van der Waals surface area contributed by atoms with Crippen molar-refractivity contribution >= 4 is 40.0 Å². The number of aromatic nitrogens is 1. The number of halogens is 1. The lowest BCUT2D eigenvalue weighted by Gasteiger charge is -2.14. The molecule has 0 saturated carbocycles. The molecule has 0 bridgehead atoms. The number of fused-ring (bicyclic) bond motifs is 1. The summed E-state index contributed by atoms with van der Waals surface area (Å²) in [5.74, 6) is -1.31. The van der Waals surface area contributed by atoms with Crippen molar-refractivity contribution < 1.29 is 18.8 Å². The Labute approximate surface area is 153 Å². The van der Waals surface area contributed by atoms with E-state index in [9.17, 15) is 18.8 Å². The minimum atomic E-state index is -0.421. The minimum absolute atomic E-state index is 0.201. The van der Waals surface area contributed by atoms with Crippen molar-refractivity contribution in [2.24, 2.45) is 0 Å². The van der Waals surface area contributed by atoms with Gasteiger partial charge in [0.1, 0.15) is 5.82 Å². The van der Waals surface area contributed by atoms with Gasteiger partial charge in [0.2, 0.25) is 11.8 Å². The third kappa shape index (κ3) is 3.15. The number of pyridine rings is 1. The van der Waals surface area contributed by atoms with Crippen LogP contribution >= 0.6 is 0 Å². The van der Waals surface area contributed by atoms with Gasteiger partial charge in [-0.1, -0.05) is 0 Å². The summed E-state index contributed by atoms with van der Waals surface area (Å²) in [5.41, 5.74) is 1.80. The zero-order valence-electron chi connectivity index (χ0n) is 14.1. The molecule has 3 aromatic rings. The average molecular weight is 363 g/mol. The molecule has 134 valence electrons. The molecule has 4 rings (SSSR count). The number of carbonyl (C=O) groups excluding carboxylic acids is 3. The van der Waals surface area contributed by atoms with E-state index in [1.54, 1.807) is 24.3 Å². The van der Waals surface area contributed by atoms with Gasteiger partial charge < -0.3 is 5.32 Å². The molecule has 1 aromatic heterocycles. The Balaban J connectivity index is 1.58. The van der Waals surface area contributed by atoms with E-state index in [0.717, 1.165) is 4.90 Å². The molecule has 0 unspecified atom stereocenters. The molecule has 0 aliphatic carbocycles. The third-order valence-electron chi connectivity index (χ3n) is 4.39. The Hall–Kier alpha value is -3.61. The van der Waals surface area contributed by atoms with Crippen molar-refractivity contribution in [3.05, 3.63) is 66.1 Å². The minimum Gasteiger partial charge on any atom is -0.321 e. The van der Waals surface area contributed by atoms with E-state index < -0.39 is 11.7 Å². The standard InChI is InChI=1S/C20H14FN3O3/c21-13-3-6-16-15(11-13)17(9-10-22-16)23-20(27)12-1-4-14(5-2-12)24-18(25)7-8-19(24)26/h1-6,9-11H,7-8H2,(H,22,23,27). The highest BCUT2D eigenvalue weighted by Crippen LogP contribution is 2.25. The monoisotopic (exact) mass is 363 g/mol. The van der Waals surface area contributed by atoms with E-state index in [2.05, 4.69) is 10.3 Å². The Morgan fingerprint density at radius 1 is 1.00 bits per heavy atom. The molecule has 27 heavy (non-hydrogen) atoms. The van der Waals surface area contributed by atoms with Crippen LogP contribution in [0.1, 0.15) is 23.2 Å². The van der Waals surface area contributed by atoms with Gasteiger partial charge in [0.15, 0.2) is 0 Å². The molecule has 0 atom stereocenters. The largest absolute Gasteiger partial charge is 0.321 e. The van der Waals surface area contributed by atoms with Crippen molar-refractivity contribution in [3.63, 3.8) is 0 Å². The smallest absolute Gasteiger partial charge is 0.255 e. The Morgan fingerprint density at radius 3 is 2.41 bits per heavy atom. The number of carbonyl (C=O) groups is 3. The van der Waals surface area contributed by atoms with E-state index in [4.69, 9.17) is 0 Å². The number of nitrogens with zero attached hydrogens (tertiary/aromatic N) is 2. The predicted octanol–water partition coefficient (Wildman–Crippen LogP) is 3.28. The molecule has 7 heteroatoms. The van der Waals surface area contributed by atoms with Crippen LogP contribution in [0.4, 0.5) is 15.8 Å². The second-order valence-electron chi connectivity index (χ2n) is 6.14. The zero-order chi connectivity index (χ0) is 19.0. The van der Waals surface area contributed by atoms with Gasteiger partial charge >= 0.3 is 0 Å². The zero-order valence-corrected chi connectivity index (χ0v) is 14.1. The van der Waals surface area contributed by atoms with Crippen LogP contribution in [0.5, 0.6) is 0 Å². The van der Waals surface area contributed by atoms with Gasteiger partial charge in [-0.3, -0.25) is 24.3 Å². The van der Waals surface area contributed by atoms with E-state index in [1.807, 2.05) is 0 Å². The van der Waals surface area contributed by atoms with Crippen LogP contribution in [-0.4, -0.2) is 22.7 Å². The van der Waals surface area contributed by atoms with E-state index in [1.165, 1.54) is 30.5 Å². The molecule has 2 aromatic carbocycles. The van der Waals surface area contributed by atoms with Crippen molar-refractivity contribution in [1.82, 2.24) is 4.98 Å². The normalized spacial score (nSPS) is 14.0. The molecule has 1 aliphatic rings. The van der Waals surface area contributed by atoms with E-state index >= 15 is 0 Å². The van der Waals surface area contributed by atoms with Gasteiger partial charge in [-0.2, -0.15) is 0 Å². The number of amides is 3. The Morgan fingerprint density at radius 2 is 1.70 bits per heavy atom. The fourth-order valence-corrected chi connectivity index (χ4v) is 3.05. The summed E-state index contributed by atoms with van der Waals surface area (Å²) in [4.78, 5) is 41.4. The van der Waals surface area contributed by atoms with Gasteiger partial charge in [-0.25, -0.2) is 4.39 Å². The molecule has 3 amide bonds. The van der Waals surface area contributed by atoms with Crippen LogP contribution in [0.25, 0.3) is 10.9 Å². The van der Waals surface area contributed by atoms with E-state index in [0.29, 0.717) is 27.8 Å². The van der Waals surface area contributed by atoms with Gasteiger partial charge in [-0.15, -0.1) is 0 Å². The molecular weight excluding hydrogens is 349 g/mol. The molecule has 1 saturated heterocycles. The highest BCUT2D eigenvalue weighted by Gasteiger charge is 2.30. The topological polar surface area (TPSA) is 79.4 Å². The maximum atomic E-state index is 13.5. The number of hydrogen-bond donors (Lipinski definition) is 1. The van der Waals surface area contributed by atoms with Crippen LogP contribution in [0.3, 0.4) is 0 Å². The molecule has 1 N–H and O–H groups in total. The predicted molar refractivity (Wildman–Crippen MR) is 97.8 cm³/mol. The first-order chi connectivity index (χ1) is 13.0. The average Bonchev–Trinajstić information content (AvgIpc) is 3.00. The number of imide groups is 1. The number of nitrogens with one attached hydrogen (secondary N) is 1. The summed E-state index contributed by atoms with van der Waals surface area (Å²) in [7, 11) is 0. The summed E-state index contributed by atoms with van der Waals surface area (Å²) in [6.07, 6.45) is 1.93. The van der Waals surface area contributed by atoms with Gasteiger partial charge in [0, 0.05) is 30.0 Å². The summed E-state index contributed by atoms with van der Waals surface area (Å²) >= 11 is 0. The molecule has 1 fully saturated rings. The van der Waals surface area contributed by atoms with Crippen LogP contribution in [-0.2, 0) is 9.59 Å². The quantitative estimate of drug-likeness (QED) is 0.724. The number of rotatable bonds is 3. The molecule has 0 spiro atoms. The maximum Gasteiger partial charge on any atom is 0.255 e. The van der Waals surface area contributed by atoms with Crippen molar-refractivity contribution in [2.45, 2.75) is 12.8 Å². The number of benzene rings is 2. The third-order valence-corrected chi connectivity index (χ3v) is 4.39.